The van der Waals surface area contributed by atoms with E-state index in [9.17, 15) is 4.39 Å². The molecule has 2 rings (SSSR count). The molecule has 1 aromatic carbocycles. The number of nitrogens with zero attached hydrogens (tertiary/aromatic N) is 2. The number of likely N-dealkylation sites (tertiary alicyclic amines) is 1. The molecule has 4 heteroatoms. The molecule has 19 heavy (non-hydrogen) atoms. The molecule has 0 spiro atoms. The van der Waals surface area contributed by atoms with E-state index in [0.717, 1.165) is 13.0 Å². The predicted octanol–water partition coefficient (Wildman–Crippen LogP) is 2.95. The molecular weight excluding hydrogens is 243 g/mol. The first-order valence-corrected chi connectivity index (χ1v) is 6.68. The van der Waals surface area contributed by atoms with Crippen LogP contribution in [0.1, 0.15) is 31.7 Å². The van der Waals surface area contributed by atoms with E-state index in [2.05, 4.69) is 11.9 Å². The maximum Gasteiger partial charge on any atom is 0.166 e. The summed E-state index contributed by atoms with van der Waals surface area (Å²) in [5.41, 5.74) is 0.312. The zero-order valence-corrected chi connectivity index (χ0v) is 11.4. The topological polar surface area (TPSA) is 36.3 Å². The van der Waals surface area contributed by atoms with Crippen LogP contribution in [-0.2, 0) is 0 Å². The third kappa shape index (κ3) is 3.24. The monoisotopic (exact) mass is 262 g/mol. The van der Waals surface area contributed by atoms with Crippen LogP contribution in [-0.4, -0.2) is 30.6 Å². The van der Waals surface area contributed by atoms with Crippen LogP contribution >= 0.6 is 0 Å². The lowest BCUT2D eigenvalue weighted by molar-refractivity contribution is 0.0660. The second-order valence-corrected chi connectivity index (χ2v) is 5.12. The highest BCUT2D eigenvalue weighted by molar-refractivity contribution is 5.36. The Kier molecular flexibility index (Phi) is 4.39. The Morgan fingerprint density at radius 2 is 2.26 bits per heavy atom. The van der Waals surface area contributed by atoms with Gasteiger partial charge in [-0.05, 0) is 51.6 Å². The Hall–Kier alpha value is -1.60. The fraction of sp³-hybridized carbons (Fsp3) is 0.533. The van der Waals surface area contributed by atoms with Crippen LogP contribution in [0.2, 0.25) is 0 Å². The number of hydrogen-bond acceptors (Lipinski definition) is 3. The molecule has 2 atom stereocenters. The van der Waals surface area contributed by atoms with Gasteiger partial charge in [0, 0.05) is 6.04 Å². The number of nitriles is 1. The summed E-state index contributed by atoms with van der Waals surface area (Å²) in [6, 6.07) is 6.57. The van der Waals surface area contributed by atoms with Crippen LogP contribution in [0.15, 0.2) is 18.2 Å². The van der Waals surface area contributed by atoms with Gasteiger partial charge in [-0.1, -0.05) is 6.42 Å². The zero-order chi connectivity index (χ0) is 13.8. The van der Waals surface area contributed by atoms with E-state index >= 15 is 0 Å². The molecule has 2 unspecified atom stereocenters. The standard InChI is InChI=1S/C15H19FN2O/c1-11(14-5-3-4-8-18(14)2)19-15-7-6-12(10-17)9-13(15)16/h6-7,9,11,14H,3-5,8H2,1-2H3. The molecule has 0 aliphatic carbocycles. The van der Waals surface area contributed by atoms with E-state index in [0.29, 0.717) is 11.6 Å². The summed E-state index contributed by atoms with van der Waals surface area (Å²) in [5.74, 6) is -0.241. The molecule has 0 bridgehead atoms. The largest absolute Gasteiger partial charge is 0.486 e. The molecule has 1 aliphatic rings. The minimum Gasteiger partial charge on any atom is -0.486 e. The highest BCUT2D eigenvalue weighted by Gasteiger charge is 2.26. The smallest absolute Gasteiger partial charge is 0.166 e. The molecule has 0 aromatic heterocycles. The van der Waals surface area contributed by atoms with E-state index < -0.39 is 5.82 Å². The molecule has 1 heterocycles. The first-order chi connectivity index (χ1) is 9.11. The zero-order valence-electron chi connectivity index (χ0n) is 11.4. The number of halogens is 1. The van der Waals surface area contributed by atoms with Crippen molar-refractivity contribution in [2.24, 2.45) is 0 Å². The van der Waals surface area contributed by atoms with Crippen molar-refractivity contribution in [1.82, 2.24) is 4.90 Å². The maximum atomic E-state index is 13.8. The highest BCUT2D eigenvalue weighted by atomic mass is 19.1. The van der Waals surface area contributed by atoms with Gasteiger partial charge in [-0.3, -0.25) is 4.90 Å². The lowest BCUT2D eigenvalue weighted by atomic mass is 9.99. The third-order valence-electron chi connectivity index (χ3n) is 3.74. The first-order valence-electron chi connectivity index (χ1n) is 6.68. The average Bonchev–Trinajstić information content (AvgIpc) is 2.41. The molecule has 1 saturated heterocycles. The average molecular weight is 262 g/mol. The molecule has 0 saturated carbocycles. The molecule has 0 N–H and O–H groups in total. The van der Waals surface area contributed by atoms with Crippen molar-refractivity contribution in [3.8, 4) is 11.8 Å². The summed E-state index contributed by atoms with van der Waals surface area (Å²) in [5, 5.41) is 8.71. The summed E-state index contributed by atoms with van der Waals surface area (Å²) in [7, 11) is 2.08. The van der Waals surface area contributed by atoms with Gasteiger partial charge in [0.25, 0.3) is 0 Å². The van der Waals surface area contributed by atoms with Crippen molar-refractivity contribution in [1.29, 1.82) is 5.26 Å². The minimum atomic E-state index is -0.468. The van der Waals surface area contributed by atoms with Crippen LogP contribution in [0, 0.1) is 17.1 Å². The summed E-state index contributed by atoms with van der Waals surface area (Å²) in [4.78, 5) is 2.27. The van der Waals surface area contributed by atoms with Crippen molar-refractivity contribution < 1.29 is 9.13 Å². The SMILES string of the molecule is CC(Oc1ccc(C#N)cc1F)C1CCCCN1C. The number of hydrogen-bond donors (Lipinski definition) is 0. The number of likely N-dealkylation sites (N-methyl/N-ethyl adjacent to an activating group) is 1. The summed E-state index contributed by atoms with van der Waals surface area (Å²) >= 11 is 0. The third-order valence-corrected chi connectivity index (χ3v) is 3.74. The van der Waals surface area contributed by atoms with E-state index in [1.165, 1.54) is 25.0 Å². The molecule has 1 fully saturated rings. The number of benzene rings is 1. The van der Waals surface area contributed by atoms with Gasteiger partial charge in [0.2, 0.25) is 0 Å². The summed E-state index contributed by atoms with van der Waals surface area (Å²) in [6.45, 7) is 3.04. The Labute approximate surface area is 113 Å². The summed E-state index contributed by atoms with van der Waals surface area (Å²) < 4.78 is 19.5. The van der Waals surface area contributed by atoms with Crippen LogP contribution in [0.25, 0.3) is 0 Å². The number of piperidine rings is 1. The Balaban J connectivity index is 2.06. The molecular formula is C15H19FN2O. The van der Waals surface area contributed by atoms with Crippen LogP contribution in [0.4, 0.5) is 4.39 Å². The second kappa shape index (κ2) is 6.03. The van der Waals surface area contributed by atoms with Crippen molar-refractivity contribution in [3.05, 3.63) is 29.6 Å². The van der Waals surface area contributed by atoms with Crippen molar-refractivity contribution >= 4 is 0 Å². The lowest BCUT2D eigenvalue weighted by Crippen LogP contribution is -2.45. The van der Waals surface area contributed by atoms with Gasteiger partial charge in [0.1, 0.15) is 6.10 Å². The molecule has 1 aliphatic heterocycles. The predicted molar refractivity (Wildman–Crippen MR) is 71.5 cm³/mol. The molecule has 0 radical (unpaired) electrons. The van der Waals surface area contributed by atoms with Gasteiger partial charge < -0.3 is 4.74 Å². The molecule has 3 nitrogen and oxygen atoms in total. The second-order valence-electron chi connectivity index (χ2n) is 5.12. The highest BCUT2D eigenvalue weighted by Crippen LogP contribution is 2.24. The fourth-order valence-corrected chi connectivity index (χ4v) is 2.64. The van der Waals surface area contributed by atoms with E-state index in [1.54, 1.807) is 6.07 Å². The number of rotatable bonds is 3. The molecule has 102 valence electrons. The van der Waals surface area contributed by atoms with Crippen LogP contribution < -0.4 is 4.74 Å². The lowest BCUT2D eigenvalue weighted by Gasteiger charge is -2.36. The van der Waals surface area contributed by atoms with Gasteiger partial charge >= 0.3 is 0 Å². The number of ether oxygens (including phenoxy) is 1. The van der Waals surface area contributed by atoms with Gasteiger partial charge in [-0.15, -0.1) is 0 Å². The fourth-order valence-electron chi connectivity index (χ4n) is 2.64. The first kappa shape index (κ1) is 13.8. The Morgan fingerprint density at radius 1 is 1.47 bits per heavy atom. The van der Waals surface area contributed by atoms with Crippen molar-refractivity contribution in [3.63, 3.8) is 0 Å². The molecule has 0 amide bonds. The minimum absolute atomic E-state index is 0.0623. The molecule has 1 aromatic rings. The maximum absolute atomic E-state index is 13.8. The van der Waals surface area contributed by atoms with Gasteiger partial charge in [-0.25, -0.2) is 4.39 Å². The van der Waals surface area contributed by atoms with E-state index in [-0.39, 0.29) is 11.9 Å². The van der Waals surface area contributed by atoms with E-state index in [4.69, 9.17) is 10.00 Å². The van der Waals surface area contributed by atoms with Crippen LogP contribution in [0.5, 0.6) is 5.75 Å². The quantitative estimate of drug-likeness (QED) is 0.840. The van der Waals surface area contributed by atoms with E-state index in [1.807, 2.05) is 13.0 Å². The van der Waals surface area contributed by atoms with Gasteiger partial charge in [0.05, 0.1) is 11.6 Å². The van der Waals surface area contributed by atoms with Crippen LogP contribution in [0.3, 0.4) is 0 Å². The Bertz CT molecular complexity index is 484. The summed E-state index contributed by atoms with van der Waals surface area (Å²) in [6.07, 6.45) is 3.42. The van der Waals surface area contributed by atoms with Crippen molar-refractivity contribution in [2.75, 3.05) is 13.6 Å². The normalized spacial score (nSPS) is 21.7. The van der Waals surface area contributed by atoms with Gasteiger partial charge in [0.15, 0.2) is 11.6 Å². The van der Waals surface area contributed by atoms with Crippen molar-refractivity contribution in [2.45, 2.75) is 38.3 Å². The Morgan fingerprint density at radius 3 is 2.89 bits per heavy atom. The van der Waals surface area contributed by atoms with Gasteiger partial charge in [-0.2, -0.15) is 5.26 Å².